The quantitative estimate of drug-likeness (QED) is 0.842. The summed E-state index contributed by atoms with van der Waals surface area (Å²) < 4.78 is 27.8. The molecule has 20 heavy (non-hydrogen) atoms. The van der Waals surface area contributed by atoms with Gasteiger partial charge in [-0.25, -0.2) is 0 Å². The van der Waals surface area contributed by atoms with Gasteiger partial charge in [-0.1, -0.05) is 18.2 Å². The second kappa shape index (κ2) is 5.37. The number of carbonyl (C=O) groups is 1. The number of para-hydroxylation sites is 1. The van der Waals surface area contributed by atoms with Gasteiger partial charge in [-0.2, -0.15) is 8.78 Å². The summed E-state index contributed by atoms with van der Waals surface area (Å²) in [5.74, 6) is -0.277. The molecule has 0 spiro atoms. The SMILES string of the molecule is CC1(C(=O)NCc2ccccc2OC(F)F)CC1(Cl)Cl. The van der Waals surface area contributed by atoms with Crippen molar-refractivity contribution < 1.29 is 18.3 Å². The molecule has 3 nitrogen and oxygen atoms in total. The van der Waals surface area contributed by atoms with Gasteiger partial charge in [0.2, 0.25) is 5.91 Å². The molecule has 0 aromatic heterocycles. The summed E-state index contributed by atoms with van der Waals surface area (Å²) in [6.45, 7) is -1.18. The lowest BCUT2D eigenvalue weighted by molar-refractivity contribution is -0.125. The van der Waals surface area contributed by atoms with Gasteiger partial charge in [0, 0.05) is 12.1 Å². The number of hydrogen-bond donors (Lipinski definition) is 1. The van der Waals surface area contributed by atoms with E-state index in [1.54, 1.807) is 25.1 Å². The van der Waals surface area contributed by atoms with E-state index >= 15 is 0 Å². The molecule has 2 rings (SSSR count). The third kappa shape index (κ3) is 2.99. The van der Waals surface area contributed by atoms with Crippen LogP contribution in [-0.2, 0) is 11.3 Å². The lowest BCUT2D eigenvalue weighted by atomic mass is 10.1. The average Bonchev–Trinajstić information content (AvgIpc) is 2.88. The summed E-state index contributed by atoms with van der Waals surface area (Å²) in [5.41, 5.74) is -0.380. The Kier molecular flexibility index (Phi) is 4.12. The van der Waals surface area contributed by atoms with Crippen LogP contribution < -0.4 is 10.1 Å². The molecule has 110 valence electrons. The number of benzene rings is 1. The summed E-state index contributed by atoms with van der Waals surface area (Å²) in [6, 6.07) is 6.27. The Morgan fingerprint density at radius 1 is 1.45 bits per heavy atom. The van der Waals surface area contributed by atoms with Gasteiger partial charge < -0.3 is 10.1 Å². The van der Waals surface area contributed by atoms with Gasteiger partial charge in [0.05, 0.1) is 5.41 Å². The van der Waals surface area contributed by atoms with Gasteiger partial charge in [-0.3, -0.25) is 4.79 Å². The highest BCUT2D eigenvalue weighted by Gasteiger charge is 2.67. The topological polar surface area (TPSA) is 38.3 Å². The summed E-state index contributed by atoms with van der Waals surface area (Å²) in [6.07, 6.45) is 0.365. The third-order valence-electron chi connectivity index (χ3n) is 3.39. The Hall–Kier alpha value is -1.07. The zero-order valence-electron chi connectivity index (χ0n) is 10.6. The van der Waals surface area contributed by atoms with Crippen molar-refractivity contribution in [3.05, 3.63) is 29.8 Å². The zero-order valence-corrected chi connectivity index (χ0v) is 12.1. The number of carbonyl (C=O) groups excluding carboxylic acids is 1. The number of rotatable bonds is 5. The number of ether oxygens (including phenoxy) is 1. The lowest BCUT2D eigenvalue weighted by Gasteiger charge is -2.14. The fourth-order valence-electron chi connectivity index (χ4n) is 1.88. The number of halogens is 4. The van der Waals surface area contributed by atoms with E-state index in [-0.39, 0.29) is 18.2 Å². The Labute approximate surface area is 125 Å². The van der Waals surface area contributed by atoms with E-state index in [0.717, 1.165) is 0 Å². The molecule has 1 aliphatic rings. The number of hydrogen-bond acceptors (Lipinski definition) is 2. The van der Waals surface area contributed by atoms with Crippen LogP contribution in [0.25, 0.3) is 0 Å². The third-order valence-corrected chi connectivity index (χ3v) is 4.49. The van der Waals surface area contributed by atoms with Gasteiger partial charge in [-0.15, -0.1) is 23.2 Å². The molecule has 1 amide bonds. The van der Waals surface area contributed by atoms with Crippen molar-refractivity contribution in [1.29, 1.82) is 0 Å². The number of nitrogens with one attached hydrogen (secondary N) is 1. The molecule has 1 aliphatic carbocycles. The second-order valence-electron chi connectivity index (χ2n) is 4.88. The minimum absolute atomic E-state index is 0.0340. The van der Waals surface area contributed by atoms with Crippen molar-refractivity contribution in [2.24, 2.45) is 5.41 Å². The van der Waals surface area contributed by atoms with Crippen molar-refractivity contribution in [1.82, 2.24) is 5.32 Å². The molecule has 0 bridgehead atoms. The maximum absolute atomic E-state index is 12.3. The van der Waals surface area contributed by atoms with E-state index in [1.807, 2.05) is 0 Å². The predicted molar refractivity (Wildman–Crippen MR) is 72.1 cm³/mol. The maximum atomic E-state index is 12.3. The van der Waals surface area contributed by atoms with Gasteiger partial charge >= 0.3 is 6.61 Å². The lowest BCUT2D eigenvalue weighted by Crippen LogP contribution is -2.33. The maximum Gasteiger partial charge on any atom is 0.387 e. The van der Waals surface area contributed by atoms with Crippen LogP contribution in [0.15, 0.2) is 24.3 Å². The molecule has 0 radical (unpaired) electrons. The van der Waals surface area contributed by atoms with Gasteiger partial charge in [0.15, 0.2) is 0 Å². The second-order valence-corrected chi connectivity index (χ2v) is 6.37. The first-order valence-electron chi connectivity index (χ1n) is 5.95. The van der Waals surface area contributed by atoms with Crippen molar-refractivity contribution >= 4 is 29.1 Å². The van der Waals surface area contributed by atoms with Crippen LogP contribution in [0.5, 0.6) is 5.75 Å². The monoisotopic (exact) mass is 323 g/mol. The number of amides is 1. The molecular weight excluding hydrogens is 311 g/mol. The van der Waals surface area contributed by atoms with Crippen LogP contribution in [0.1, 0.15) is 18.9 Å². The van der Waals surface area contributed by atoms with Crippen molar-refractivity contribution in [2.45, 2.75) is 30.8 Å². The highest BCUT2D eigenvalue weighted by atomic mass is 35.5. The van der Waals surface area contributed by atoms with E-state index in [4.69, 9.17) is 23.2 Å². The fourth-order valence-corrected chi connectivity index (χ4v) is 2.58. The van der Waals surface area contributed by atoms with E-state index in [1.165, 1.54) is 6.07 Å². The molecule has 1 aromatic rings. The molecule has 1 N–H and O–H groups in total. The largest absolute Gasteiger partial charge is 0.434 e. The molecule has 0 aliphatic heterocycles. The first kappa shape index (κ1) is 15.3. The van der Waals surface area contributed by atoms with Crippen LogP contribution in [-0.4, -0.2) is 16.9 Å². The molecular formula is C13H13Cl2F2NO2. The van der Waals surface area contributed by atoms with Crippen LogP contribution in [0.2, 0.25) is 0 Å². The standard InChI is InChI=1S/C13H13Cl2F2NO2/c1-12(7-13(12,14)15)10(19)18-6-8-4-2-3-5-9(8)20-11(16)17/h2-5,11H,6-7H2,1H3,(H,18,19). The smallest absolute Gasteiger partial charge is 0.387 e. The molecule has 1 saturated carbocycles. The molecule has 1 aromatic carbocycles. The summed E-state index contributed by atoms with van der Waals surface area (Å²) >= 11 is 11.8. The molecule has 7 heteroatoms. The Balaban J connectivity index is 2.00. The number of alkyl halides is 4. The first-order chi connectivity index (χ1) is 9.26. The highest BCUT2D eigenvalue weighted by Crippen LogP contribution is 2.63. The van der Waals surface area contributed by atoms with Gasteiger partial charge in [0.25, 0.3) is 0 Å². The zero-order chi connectivity index (χ0) is 15.0. The van der Waals surface area contributed by atoms with Gasteiger partial charge in [-0.05, 0) is 19.4 Å². The Bertz CT molecular complexity index is 525. The van der Waals surface area contributed by atoms with E-state index in [2.05, 4.69) is 10.1 Å². The Morgan fingerprint density at radius 2 is 2.05 bits per heavy atom. The van der Waals surface area contributed by atoms with Gasteiger partial charge in [0.1, 0.15) is 10.1 Å². The van der Waals surface area contributed by atoms with Crippen LogP contribution in [0, 0.1) is 5.41 Å². The fraction of sp³-hybridized carbons (Fsp3) is 0.462. The average molecular weight is 324 g/mol. The molecule has 1 atom stereocenters. The van der Waals surface area contributed by atoms with Crippen LogP contribution in [0.3, 0.4) is 0 Å². The molecule has 0 heterocycles. The minimum Gasteiger partial charge on any atom is -0.434 e. The molecule has 1 fully saturated rings. The Morgan fingerprint density at radius 3 is 2.60 bits per heavy atom. The van der Waals surface area contributed by atoms with Crippen molar-refractivity contribution in [3.63, 3.8) is 0 Å². The molecule has 1 unspecified atom stereocenters. The summed E-state index contributed by atoms with van der Waals surface area (Å²) in [7, 11) is 0. The minimum atomic E-state index is -2.91. The van der Waals surface area contributed by atoms with Crippen LogP contribution in [0.4, 0.5) is 8.78 Å². The van der Waals surface area contributed by atoms with E-state index < -0.39 is 16.4 Å². The molecule has 0 saturated heterocycles. The van der Waals surface area contributed by atoms with E-state index in [9.17, 15) is 13.6 Å². The highest BCUT2D eigenvalue weighted by molar-refractivity contribution is 6.53. The predicted octanol–water partition coefficient (Wildman–Crippen LogP) is 3.49. The van der Waals surface area contributed by atoms with Crippen molar-refractivity contribution in [3.8, 4) is 5.75 Å². The summed E-state index contributed by atoms with van der Waals surface area (Å²) in [5, 5.41) is 2.64. The normalized spacial score (nSPS) is 23.5. The van der Waals surface area contributed by atoms with Crippen molar-refractivity contribution in [2.75, 3.05) is 0 Å². The first-order valence-corrected chi connectivity index (χ1v) is 6.71. The summed E-state index contributed by atoms with van der Waals surface area (Å²) in [4.78, 5) is 12.0. The van der Waals surface area contributed by atoms with E-state index in [0.29, 0.717) is 12.0 Å². The van der Waals surface area contributed by atoms with Crippen LogP contribution >= 0.6 is 23.2 Å².